The molecule has 4 nitrogen and oxygen atoms in total. The largest absolute Gasteiger partial charge is 0.308 e. The summed E-state index contributed by atoms with van der Waals surface area (Å²) in [6.07, 6.45) is 0. The van der Waals surface area contributed by atoms with E-state index >= 15 is 0 Å². The van der Waals surface area contributed by atoms with E-state index in [1.54, 1.807) is 0 Å². The Morgan fingerprint density at radius 1 is 0.409 bits per heavy atom. The van der Waals surface area contributed by atoms with Gasteiger partial charge in [0.2, 0.25) is 0 Å². The molecule has 0 saturated carbocycles. The Labute approximate surface area is 257 Å². The molecule has 0 saturated heterocycles. The van der Waals surface area contributed by atoms with Crippen LogP contribution in [0, 0.1) is 0 Å². The van der Waals surface area contributed by atoms with Gasteiger partial charge in [-0.1, -0.05) is 115 Å². The highest BCUT2D eigenvalue weighted by Crippen LogP contribution is 2.42. The van der Waals surface area contributed by atoms with Gasteiger partial charge in [0.25, 0.3) is 0 Å². The van der Waals surface area contributed by atoms with Crippen molar-refractivity contribution in [3.8, 4) is 39.9 Å². The second-order valence-electron chi connectivity index (χ2n) is 10.9. The summed E-state index contributed by atoms with van der Waals surface area (Å²) in [5, 5.41) is 4.88. The summed E-state index contributed by atoms with van der Waals surface area (Å²) in [6, 6.07) is 50.8. The third kappa shape index (κ3) is 3.94. The third-order valence-corrected chi connectivity index (χ3v) is 9.39. The maximum atomic E-state index is 5.17. The van der Waals surface area contributed by atoms with Crippen LogP contribution in [0.1, 0.15) is 0 Å². The van der Waals surface area contributed by atoms with Crippen molar-refractivity contribution in [3.05, 3.63) is 146 Å². The molecular weight excluding hydrogens is 557 g/mol. The summed E-state index contributed by atoms with van der Waals surface area (Å²) in [6.45, 7) is 0. The number of thiophene rings is 1. The molecular formula is C39H24N4S. The quantitative estimate of drug-likeness (QED) is 0.208. The van der Waals surface area contributed by atoms with Gasteiger partial charge in [-0.2, -0.15) is 0 Å². The Morgan fingerprint density at radius 2 is 0.909 bits per heavy atom. The molecule has 3 aromatic heterocycles. The average Bonchev–Trinajstić information content (AvgIpc) is 3.63. The van der Waals surface area contributed by atoms with E-state index in [4.69, 9.17) is 15.0 Å². The van der Waals surface area contributed by atoms with Gasteiger partial charge in [-0.05, 0) is 30.3 Å². The van der Waals surface area contributed by atoms with Gasteiger partial charge in [-0.25, -0.2) is 15.0 Å². The molecule has 0 spiro atoms. The number of fused-ring (bicyclic) bond motifs is 6. The van der Waals surface area contributed by atoms with E-state index in [0.717, 1.165) is 33.4 Å². The number of aromatic nitrogens is 4. The fourth-order valence-electron chi connectivity index (χ4n) is 6.24. The monoisotopic (exact) mass is 580 g/mol. The van der Waals surface area contributed by atoms with E-state index < -0.39 is 0 Å². The number of para-hydroxylation sites is 2. The first-order valence-corrected chi connectivity index (χ1v) is 15.4. The molecule has 0 aliphatic carbocycles. The van der Waals surface area contributed by atoms with Crippen LogP contribution in [-0.2, 0) is 0 Å². The van der Waals surface area contributed by atoms with E-state index in [2.05, 4.69) is 114 Å². The van der Waals surface area contributed by atoms with Crippen molar-refractivity contribution < 1.29 is 0 Å². The topological polar surface area (TPSA) is 43.6 Å². The van der Waals surface area contributed by atoms with Crippen LogP contribution in [-0.4, -0.2) is 19.5 Å². The zero-order valence-corrected chi connectivity index (χ0v) is 24.4. The first-order valence-electron chi connectivity index (χ1n) is 14.6. The fourth-order valence-corrected chi connectivity index (χ4v) is 7.36. The molecule has 6 aromatic carbocycles. The number of hydrogen-bond acceptors (Lipinski definition) is 4. The number of rotatable bonds is 4. The molecule has 0 bridgehead atoms. The molecule has 3 heterocycles. The van der Waals surface area contributed by atoms with Crippen LogP contribution >= 0.6 is 11.3 Å². The molecule has 5 heteroatoms. The van der Waals surface area contributed by atoms with Crippen LogP contribution in [0.2, 0.25) is 0 Å². The Bertz CT molecular complexity index is 2380. The minimum absolute atomic E-state index is 0.645. The first-order chi connectivity index (χ1) is 21.8. The summed E-state index contributed by atoms with van der Waals surface area (Å²) >= 11 is 1.82. The number of nitrogens with zero attached hydrogens (tertiary/aromatic N) is 4. The summed E-state index contributed by atoms with van der Waals surface area (Å²) in [4.78, 5) is 15.3. The summed E-state index contributed by atoms with van der Waals surface area (Å²) < 4.78 is 4.86. The van der Waals surface area contributed by atoms with E-state index in [1.807, 2.05) is 47.7 Å². The predicted molar refractivity (Wildman–Crippen MR) is 183 cm³/mol. The molecule has 0 radical (unpaired) electrons. The molecule has 9 rings (SSSR count). The lowest BCUT2D eigenvalue weighted by Gasteiger charge is -2.15. The van der Waals surface area contributed by atoms with Gasteiger partial charge in [0.05, 0.1) is 16.7 Å². The van der Waals surface area contributed by atoms with Gasteiger partial charge in [0, 0.05) is 47.6 Å². The fraction of sp³-hybridized carbons (Fsp3) is 0. The van der Waals surface area contributed by atoms with Crippen molar-refractivity contribution in [1.82, 2.24) is 19.5 Å². The summed E-state index contributed by atoms with van der Waals surface area (Å²) in [5.74, 6) is 1.95. The normalized spacial score (nSPS) is 11.6. The lowest BCUT2D eigenvalue weighted by atomic mass is 10.1. The van der Waals surface area contributed by atoms with Crippen molar-refractivity contribution in [2.24, 2.45) is 0 Å². The van der Waals surface area contributed by atoms with Gasteiger partial charge in [0.1, 0.15) is 0 Å². The van der Waals surface area contributed by atoms with Crippen molar-refractivity contribution >= 4 is 53.3 Å². The van der Waals surface area contributed by atoms with Crippen LogP contribution < -0.4 is 0 Å². The lowest BCUT2D eigenvalue weighted by Crippen LogP contribution is -2.03. The number of benzene rings is 6. The second kappa shape index (κ2) is 9.97. The Hall–Kier alpha value is -5.65. The molecule has 0 aliphatic heterocycles. The van der Waals surface area contributed by atoms with Crippen LogP contribution in [0.5, 0.6) is 0 Å². The van der Waals surface area contributed by atoms with Crippen molar-refractivity contribution in [1.29, 1.82) is 0 Å². The van der Waals surface area contributed by atoms with Crippen LogP contribution in [0.25, 0.3) is 81.8 Å². The van der Waals surface area contributed by atoms with Crippen LogP contribution in [0.3, 0.4) is 0 Å². The molecule has 0 unspecified atom stereocenters. The zero-order valence-electron chi connectivity index (χ0n) is 23.6. The van der Waals surface area contributed by atoms with Crippen LogP contribution in [0.15, 0.2) is 146 Å². The Kier molecular flexibility index (Phi) is 5.64. The molecule has 0 fully saturated rings. The minimum Gasteiger partial charge on any atom is -0.308 e. The third-order valence-electron chi connectivity index (χ3n) is 8.26. The maximum Gasteiger partial charge on any atom is 0.166 e. The van der Waals surface area contributed by atoms with E-state index in [1.165, 1.54) is 30.9 Å². The molecule has 0 atom stereocenters. The predicted octanol–water partition coefficient (Wildman–Crippen LogP) is 10.3. The molecule has 44 heavy (non-hydrogen) atoms. The van der Waals surface area contributed by atoms with Gasteiger partial charge in [0.15, 0.2) is 17.5 Å². The van der Waals surface area contributed by atoms with Gasteiger partial charge < -0.3 is 4.57 Å². The van der Waals surface area contributed by atoms with Crippen molar-refractivity contribution in [3.63, 3.8) is 0 Å². The first kappa shape index (κ1) is 24.9. The number of hydrogen-bond donors (Lipinski definition) is 0. The summed E-state index contributed by atoms with van der Waals surface area (Å²) in [7, 11) is 0. The summed E-state index contributed by atoms with van der Waals surface area (Å²) in [5.41, 5.74) is 6.21. The van der Waals surface area contributed by atoms with Crippen LogP contribution in [0.4, 0.5) is 0 Å². The highest BCUT2D eigenvalue weighted by atomic mass is 32.1. The Morgan fingerprint density at radius 3 is 1.52 bits per heavy atom. The van der Waals surface area contributed by atoms with E-state index in [-0.39, 0.29) is 0 Å². The van der Waals surface area contributed by atoms with E-state index in [9.17, 15) is 0 Å². The molecule has 0 N–H and O–H groups in total. The second-order valence-corrected chi connectivity index (χ2v) is 12.0. The minimum atomic E-state index is 0.645. The lowest BCUT2D eigenvalue weighted by molar-refractivity contribution is 1.07. The van der Waals surface area contributed by atoms with Gasteiger partial charge in [-0.15, -0.1) is 11.3 Å². The SMILES string of the molecule is c1ccc(-c2nc(-c3ccccc3)nc(-c3cc4c(cc3-n3c5ccccc5c5ccccc53)sc3ccccc34)n2)cc1. The maximum absolute atomic E-state index is 5.17. The molecule has 0 aliphatic rings. The standard InChI is InChI=1S/C39H24N4S/c1-3-13-25(14-4-1)37-40-38(26-15-5-2-6-16-26)42-39(41-37)31-23-30-29-19-9-12-22-35(29)44-36(30)24-34(31)43-32-20-10-7-17-27(32)28-18-8-11-21-33(28)43/h1-24H. The van der Waals surface area contributed by atoms with E-state index in [0.29, 0.717) is 17.5 Å². The molecule has 206 valence electrons. The van der Waals surface area contributed by atoms with Gasteiger partial charge >= 0.3 is 0 Å². The van der Waals surface area contributed by atoms with Crippen molar-refractivity contribution in [2.75, 3.05) is 0 Å². The zero-order chi connectivity index (χ0) is 29.0. The van der Waals surface area contributed by atoms with Crippen molar-refractivity contribution in [2.45, 2.75) is 0 Å². The smallest absolute Gasteiger partial charge is 0.166 e. The highest BCUT2D eigenvalue weighted by Gasteiger charge is 2.21. The highest BCUT2D eigenvalue weighted by molar-refractivity contribution is 7.25. The average molecular weight is 581 g/mol. The Balaban J connectivity index is 1.42. The van der Waals surface area contributed by atoms with Gasteiger partial charge in [-0.3, -0.25) is 0 Å². The molecule has 0 amide bonds. The molecule has 9 aromatic rings.